The molecule has 0 aliphatic carbocycles. The van der Waals surface area contributed by atoms with Gasteiger partial charge in [-0.05, 0) is 61.2 Å². The highest BCUT2D eigenvalue weighted by atomic mass is 35.5. The number of piperazine rings is 1. The number of carbonyl (C=O) groups excluding carboxylic acids is 2. The molecule has 2 saturated heterocycles. The van der Waals surface area contributed by atoms with Crippen molar-refractivity contribution in [3.05, 3.63) is 70.2 Å². The molecular weight excluding hydrogens is 562 g/mol. The summed E-state index contributed by atoms with van der Waals surface area (Å²) in [6, 6.07) is 15.5. The van der Waals surface area contributed by atoms with Crippen molar-refractivity contribution < 1.29 is 9.59 Å². The van der Waals surface area contributed by atoms with Crippen LogP contribution in [0, 0.1) is 17.2 Å². The number of rotatable bonds is 11. The van der Waals surface area contributed by atoms with Gasteiger partial charge in [-0.1, -0.05) is 49.7 Å². The minimum absolute atomic E-state index is 0.0353. The van der Waals surface area contributed by atoms with E-state index in [0.717, 1.165) is 56.7 Å². The molecule has 2 atom stereocenters. The van der Waals surface area contributed by atoms with E-state index in [0.29, 0.717) is 42.1 Å². The van der Waals surface area contributed by atoms with Crippen molar-refractivity contribution in [2.24, 2.45) is 11.7 Å². The van der Waals surface area contributed by atoms with E-state index in [1.165, 1.54) is 0 Å². The molecule has 2 aliphatic rings. The number of hydrogen-bond acceptors (Lipinski definition) is 7. The average Bonchev–Trinajstić information content (AvgIpc) is 3.00. The van der Waals surface area contributed by atoms with Crippen LogP contribution in [0.15, 0.2) is 48.5 Å². The largest absolute Gasteiger partial charge is 0.344 e. The Morgan fingerprint density at radius 3 is 2.23 bits per heavy atom. The van der Waals surface area contributed by atoms with Crippen molar-refractivity contribution in [3.8, 4) is 6.07 Å². The Morgan fingerprint density at radius 1 is 1.02 bits per heavy atom. The summed E-state index contributed by atoms with van der Waals surface area (Å²) >= 11 is 6.10. The van der Waals surface area contributed by atoms with Crippen molar-refractivity contribution in [1.29, 1.82) is 5.26 Å². The number of carbonyl (C=O) groups is 2. The number of hydrogen-bond donors (Lipinski definition) is 2. The van der Waals surface area contributed by atoms with Gasteiger partial charge in [-0.15, -0.1) is 0 Å². The molecule has 2 fully saturated rings. The molecule has 10 heteroatoms. The molecule has 2 amide bonds. The Morgan fingerprint density at radius 2 is 1.65 bits per heavy atom. The number of amides is 2. The number of nitrogens with zero attached hydrogens (tertiary/aromatic N) is 5. The summed E-state index contributed by atoms with van der Waals surface area (Å²) in [6.07, 6.45) is 2.20. The monoisotopic (exact) mass is 607 g/mol. The van der Waals surface area contributed by atoms with E-state index in [9.17, 15) is 9.59 Å². The number of nitriles is 1. The number of likely N-dealkylation sites (N-methyl/N-ethyl adjacent to an activating group) is 1. The first-order valence-electron chi connectivity index (χ1n) is 15.4. The molecule has 232 valence electrons. The van der Waals surface area contributed by atoms with Crippen molar-refractivity contribution in [3.63, 3.8) is 0 Å². The zero-order valence-corrected chi connectivity index (χ0v) is 26.5. The summed E-state index contributed by atoms with van der Waals surface area (Å²) in [5, 5.41) is 17.8. The van der Waals surface area contributed by atoms with Crippen LogP contribution in [-0.2, 0) is 16.0 Å². The lowest BCUT2D eigenvalue weighted by Crippen LogP contribution is -2.60. The molecule has 0 aromatic heterocycles. The lowest BCUT2D eigenvalue weighted by molar-refractivity contribution is -0.140. The van der Waals surface area contributed by atoms with Gasteiger partial charge in [-0.25, -0.2) is 10.0 Å². The third kappa shape index (κ3) is 9.49. The van der Waals surface area contributed by atoms with Crippen LogP contribution in [-0.4, -0.2) is 96.6 Å². The highest BCUT2D eigenvalue weighted by Crippen LogP contribution is 2.23. The molecule has 0 spiro atoms. The molecule has 0 unspecified atom stereocenters. The standard InChI is InChI=1S/C33H46ClN7O2/c1-24(2)23-41(40-18-16-38(3)17-19-40)29-12-14-39(15-13-29)33(43)31(20-25-6-10-28(34)11-7-25)37-32(42)21-30(36)27-8-4-26(22-35)5-9-27/h4-11,24,29-31H,12-21,23,36H2,1-3H3,(H,37,42)/t30-,31-/m1/s1. The second-order valence-corrected chi connectivity index (χ2v) is 12.8. The predicted octanol–water partition coefficient (Wildman–Crippen LogP) is 3.44. The molecule has 9 nitrogen and oxygen atoms in total. The Kier molecular flexibility index (Phi) is 12.0. The van der Waals surface area contributed by atoms with Crippen LogP contribution >= 0.6 is 11.6 Å². The Bertz CT molecular complexity index is 1230. The normalized spacial score (nSPS) is 18.4. The SMILES string of the molecule is CC(C)CN(C1CCN(C(=O)[C@@H](Cc2ccc(Cl)cc2)NC(=O)C[C@@H](N)c2ccc(C#N)cc2)CC1)N1CCN(C)CC1. The van der Waals surface area contributed by atoms with Gasteiger partial charge in [-0.3, -0.25) is 9.59 Å². The summed E-state index contributed by atoms with van der Waals surface area (Å²) in [4.78, 5) is 31.4. The fraction of sp³-hybridized carbons (Fsp3) is 0.545. The summed E-state index contributed by atoms with van der Waals surface area (Å²) in [6.45, 7) is 11.0. The molecule has 2 aromatic rings. The number of nitrogens with one attached hydrogen (secondary N) is 1. The first-order valence-corrected chi connectivity index (χ1v) is 15.8. The number of piperidine rings is 1. The Hall–Kier alpha value is -3.00. The maximum absolute atomic E-state index is 13.9. The molecule has 2 heterocycles. The summed E-state index contributed by atoms with van der Waals surface area (Å²) in [5.74, 6) is 0.204. The van der Waals surface area contributed by atoms with Gasteiger partial charge in [-0.2, -0.15) is 5.26 Å². The van der Waals surface area contributed by atoms with E-state index in [-0.39, 0.29) is 18.2 Å². The van der Waals surface area contributed by atoms with Crippen molar-refractivity contribution in [2.45, 2.75) is 57.7 Å². The minimum Gasteiger partial charge on any atom is -0.344 e. The molecule has 4 rings (SSSR count). The molecule has 2 aliphatic heterocycles. The maximum Gasteiger partial charge on any atom is 0.245 e. The number of halogens is 1. The second-order valence-electron chi connectivity index (χ2n) is 12.3. The summed E-state index contributed by atoms with van der Waals surface area (Å²) in [7, 11) is 2.17. The van der Waals surface area contributed by atoms with Gasteiger partial charge < -0.3 is 20.9 Å². The fourth-order valence-corrected chi connectivity index (χ4v) is 6.09. The highest BCUT2D eigenvalue weighted by molar-refractivity contribution is 6.30. The number of hydrazine groups is 1. The van der Waals surface area contributed by atoms with Gasteiger partial charge in [0.25, 0.3) is 0 Å². The van der Waals surface area contributed by atoms with E-state index in [4.69, 9.17) is 22.6 Å². The average molecular weight is 608 g/mol. The van der Waals surface area contributed by atoms with E-state index in [1.54, 1.807) is 36.4 Å². The van der Waals surface area contributed by atoms with Crippen molar-refractivity contribution >= 4 is 23.4 Å². The fourth-order valence-electron chi connectivity index (χ4n) is 5.96. The smallest absolute Gasteiger partial charge is 0.245 e. The van der Waals surface area contributed by atoms with Crippen molar-refractivity contribution in [1.82, 2.24) is 25.1 Å². The van der Waals surface area contributed by atoms with Crippen LogP contribution in [0.2, 0.25) is 5.02 Å². The maximum atomic E-state index is 13.9. The predicted molar refractivity (Wildman–Crippen MR) is 170 cm³/mol. The lowest BCUT2D eigenvalue weighted by Gasteiger charge is -2.47. The van der Waals surface area contributed by atoms with Crippen molar-refractivity contribution in [2.75, 3.05) is 52.9 Å². The molecule has 0 bridgehead atoms. The summed E-state index contributed by atoms with van der Waals surface area (Å²) < 4.78 is 0. The van der Waals surface area contributed by atoms with Gasteiger partial charge in [0.2, 0.25) is 11.8 Å². The molecule has 3 N–H and O–H groups in total. The topological polar surface area (TPSA) is 109 Å². The quantitative estimate of drug-likeness (QED) is 0.403. The van der Waals surface area contributed by atoms with Gasteiger partial charge in [0.15, 0.2) is 0 Å². The highest BCUT2D eigenvalue weighted by Gasteiger charge is 2.34. The van der Waals surface area contributed by atoms with Gasteiger partial charge in [0.1, 0.15) is 6.04 Å². The van der Waals surface area contributed by atoms with Crippen LogP contribution in [0.1, 0.15) is 55.8 Å². The molecule has 0 saturated carbocycles. The van der Waals surface area contributed by atoms with Crippen LogP contribution in [0.3, 0.4) is 0 Å². The van der Waals surface area contributed by atoms with E-state index < -0.39 is 12.1 Å². The Balaban J connectivity index is 1.41. The summed E-state index contributed by atoms with van der Waals surface area (Å²) in [5.41, 5.74) is 8.56. The van der Waals surface area contributed by atoms with E-state index >= 15 is 0 Å². The lowest BCUT2D eigenvalue weighted by atomic mass is 9.99. The third-order valence-corrected chi connectivity index (χ3v) is 8.70. The van der Waals surface area contributed by atoms with Crippen LogP contribution in [0.25, 0.3) is 0 Å². The molecule has 2 aromatic carbocycles. The van der Waals surface area contributed by atoms with Gasteiger partial charge in [0.05, 0.1) is 11.6 Å². The zero-order chi connectivity index (χ0) is 30.9. The Labute approximate surface area is 261 Å². The minimum atomic E-state index is -0.706. The molecule has 43 heavy (non-hydrogen) atoms. The van der Waals surface area contributed by atoms with E-state index in [2.05, 4.69) is 47.2 Å². The number of nitrogens with two attached hydrogens (primary N) is 1. The van der Waals surface area contributed by atoms with Gasteiger partial charge >= 0.3 is 0 Å². The zero-order valence-electron chi connectivity index (χ0n) is 25.7. The van der Waals surface area contributed by atoms with E-state index in [1.807, 2.05) is 17.0 Å². The number of benzene rings is 2. The van der Waals surface area contributed by atoms with Crippen LogP contribution in [0.5, 0.6) is 0 Å². The first-order chi connectivity index (χ1) is 20.6. The van der Waals surface area contributed by atoms with Crippen LogP contribution in [0.4, 0.5) is 0 Å². The first kappa shape index (κ1) is 32.9. The third-order valence-electron chi connectivity index (χ3n) is 8.45. The second kappa shape index (κ2) is 15.6. The van der Waals surface area contributed by atoms with Gasteiger partial charge in [0, 0.05) is 75.8 Å². The number of likely N-dealkylation sites (tertiary alicyclic amines) is 1. The molecular formula is C33H46ClN7O2. The molecule has 0 radical (unpaired) electrons. The van der Waals surface area contributed by atoms with Crippen LogP contribution < -0.4 is 11.1 Å².